The average Bonchev–Trinajstić information content (AvgIpc) is 2.10. The highest BCUT2D eigenvalue weighted by molar-refractivity contribution is 5.73. The molecule has 0 radical (unpaired) electrons. The largest absolute Gasteiger partial charge is 0.527 e. The van der Waals surface area contributed by atoms with Crippen LogP contribution in [0.25, 0.3) is 0 Å². The zero-order valence-electron chi connectivity index (χ0n) is 8.83. The molecule has 126 valence electrons. The first-order valence-electron chi connectivity index (χ1n) is 4.07. The second-order valence-electron chi connectivity index (χ2n) is 3.08. The van der Waals surface area contributed by atoms with Crippen LogP contribution in [0.1, 0.15) is 0 Å². The second-order valence-corrected chi connectivity index (χ2v) is 3.08. The Kier molecular flexibility index (Phi) is 4.78. The third-order valence-electron chi connectivity index (χ3n) is 1.48. The van der Waals surface area contributed by atoms with Crippen molar-refractivity contribution in [3.05, 3.63) is 0 Å². The lowest BCUT2D eigenvalue weighted by molar-refractivity contribution is -0.521. The number of ether oxygens (including phenoxy) is 2. The third kappa shape index (κ3) is 4.29. The third-order valence-corrected chi connectivity index (χ3v) is 1.48. The van der Waals surface area contributed by atoms with Crippen molar-refractivity contribution in [2.45, 2.75) is 30.6 Å². The molecule has 0 fully saturated rings. The zero-order valence-corrected chi connectivity index (χ0v) is 8.83. The molecule has 0 amide bonds. The maximum absolute atomic E-state index is 12.5. The van der Waals surface area contributed by atoms with Crippen molar-refractivity contribution in [2.24, 2.45) is 0 Å². The van der Waals surface area contributed by atoms with Crippen LogP contribution in [-0.2, 0) is 14.3 Å². The fraction of sp³-hybridized carbons (Fsp3) is 0.833. The summed E-state index contributed by atoms with van der Waals surface area (Å²) < 4.78 is 136. The lowest BCUT2D eigenvalue weighted by Crippen LogP contribution is -2.60. The first-order valence-corrected chi connectivity index (χ1v) is 4.07. The number of hydrogen-bond donors (Lipinski definition) is 1. The highest BCUT2D eigenvalue weighted by Gasteiger charge is 2.78. The van der Waals surface area contributed by atoms with Crippen molar-refractivity contribution in [2.75, 3.05) is 0 Å². The Bertz CT molecular complexity index is 400. The lowest BCUT2D eigenvalue weighted by atomic mass is 10.3. The maximum Gasteiger partial charge on any atom is 0.527 e. The van der Waals surface area contributed by atoms with E-state index in [2.05, 4.69) is 0 Å². The van der Waals surface area contributed by atoms with Gasteiger partial charge in [-0.1, -0.05) is 0 Å². The van der Waals surface area contributed by atoms with E-state index in [4.69, 9.17) is 5.11 Å². The second kappa shape index (κ2) is 5.11. The lowest BCUT2D eigenvalue weighted by Gasteiger charge is -2.32. The van der Waals surface area contributed by atoms with Crippen LogP contribution in [0.15, 0.2) is 0 Å². The van der Waals surface area contributed by atoms with Crippen LogP contribution in [0.5, 0.6) is 0 Å². The Morgan fingerprint density at radius 1 is 0.714 bits per heavy atom. The Hall–Kier alpha value is -1.38. The number of halogens is 11. The van der Waals surface area contributed by atoms with Crippen LogP contribution < -0.4 is 0 Å². The van der Waals surface area contributed by atoms with Crippen LogP contribution in [-0.4, -0.2) is 41.7 Å². The van der Waals surface area contributed by atoms with Crippen molar-refractivity contribution in [1.82, 2.24) is 0 Å². The predicted molar refractivity (Wildman–Crippen MR) is 35.6 cm³/mol. The maximum atomic E-state index is 12.5. The van der Waals surface area contributed by atoms with Crippen molar-refractivity contribution in [3.63, 3.8) is 0 Å². The van der Waals surface area contributed by atoms with Crippen molar-refractivity contribution in [1.29, 1.82) is 0 Å². The highest BCUT2D eigenvalue weighted by atomic mass is 19.4. The first-order chi connectivity index (χ1) is 8.86. The van der Waals surface area contributed by atoms with E-state index in [9.17, 15) is 53.1 Å². The predicted octanol–water partition coefficient (Wildman–Crippen LogP) is 3.04. The van der Waals surface area contributed by atoms with Crippen LogP contribution >= 0.6 is 0 Å². The van der Waals surface area contributed by atoms with Crippen LogP contribution in [0.4, 0.5) is 48.3 Å². The minimum atomic E-state index is -7.28. The van der Waals surface area contributed by atoms with Gasteiger partial charge >= 0.3 is 36.6 Å². The Morgan fingerprint density at radius 3 is 1.33 bits per heavy atom. The van der Waals surface area contributed by atoms with Gasteiger partial charge in [-0.2, -0.15) is 35.1 Å². The topological polar surface area (TPSA) is 55.8 Å². The molecule has 0 aromatic heterocycles. The van der Waals surface area contributed by atoms with Crippen molar-refractivity contribution >= 4 is 5.97 Å². The molecule has 4 nitrogen and oxygen atoms in total. The minimum Gasteiger partial charge on any atom is -0.475 e. The normalized spacial score (nSPS) is 15.2. The molecular formula is C6HF11O4. The van der Waals surface area contributed by atoms with Gasteiger partial charge in [0, 0.05) is 0 Å². The van der Waals surface area contributed by atoms with Gasteiger partial charge in [-0.15, -0.1) is 13.2 Å². The summed E-state index contributed by atoms with van der Waals surface area (Å²) in [6, 6.07) is 0. The SMILES string of the molecule is O=C(O)C(F)(F)OC(F)(F)C(F)(F)C(F)(F)OC(F)(F)F. The van der Waals surface area contributed by atoms with Gasteiger partial charge in [-0.3, -0.25) is 0 Å². The Labute approximate surface area is 106 Å². The van der Waals surface area contributed by atoms with Crippen LogP contribution in [0.2, 0.25) is 0 Å². The number of aliphatic carboxylic acids is 1. The van der Waals surface area contributed by atoms with Gasteiger partial charge in [-0.05, 0) is 0 Å². The van der Waals surface area contributed by atoms with E-state index in [0.717, 1.165) is 0 Å². The first kappa shape index (κ1) is 19.6. The molecule has 0 unspecified atom stereocenters. The van der Waals surface area contributed by atoms with Gasteiger partial charge in [-0.25, -0.2) is 14.3 Å². The standard InChI is InChI=1S/C6HF11O4/c7-2(8,1(18)19)20-4(11,12)3(9,10)5(13,14)21-6(15,16)17/h(H,18,19). The van der Waals surface area contributed by atoms with Crippen molar-refractivity contribution in [3.8, 4) is 0 Å². The fourth-order valence-electron chi connectivity index (χ4n) is 0.648. The minimum absolute atomic E-state index is 1.42. The molecule has 0 aromatic carbocycles. The number of hydrogen-bond acceptors (Lipinski definition) is 3. The zero-order chi connectivity index (χ0) is 17.5. The summed E-state index contributed by atoms with van der Waals surface area (Å²) in [4.78, 5) is 9.65. The Balaban J connectivity index is 5.51. The highest BCUT2D eigenvalue weighted by Crippen LogP contribution is 2.50. The molecular weight excluding hydrogens is 345 g/mol. The van der Waals surface area contributed by atoms with Crippen molar-refractivity contribution < 1.29 is 67.7 Å². The van der Waals surface area contributed by atoms with E-state index < -0.39 is 36.6 Å². The molecule has 21 heavy (non-hydrogen) atoms. The number of rotatable bonds is 6. The van der Waals surface area contributed by atoms with Gasteiger partial charge < -0.3 is 5.11 Å². The summed E-state index contributed by atoms with van der Waals surface area (Å²) in [6.45, 7) is 0. The summed E-state index contributed by atoms with van der Waals surface area (Å²) in [6.07, 6.45) is -26.7. The van der Waals surface area contributed by atoms with E-state index in [-0.39, 0.29) is 0 Å². The molecule has 0 saturated carbocycles. The summed E-state index contributed by atoms with van der Waals surface area (Å²) in [5.74, 6) is -10.9. The molecule has 1 N–H and O–H groups in total. The number of carbonyl (C=O) groups is 1. The monoisotopic (exact) mass is 346 g/mol. The van der Waals surface area contributed by atoms with Gasteiger partial charge in [0.15, 0.2) is 0 Å². The van der Waals surface area contributed by atoms with E-state index in [1.807, 2.05) is 0 Å². The van der Waals surface area contributed by atoms with E-state index in [1.54, 1.807) is 4.74 Å². The molecule has 0 saturated heterocycles. The van der Waals surface area contributed by atoms with Gasteiger partial charge in [0.1, 0.15) is 0 Å². The Morgan fingerprint density at radius 2 is 1.05 bits per heavy atom. The van der Waals surface area contributed by atoms with E-state index in [1.165, 1.54) is 4.74 Å². The quantitative estimate of drug-likeness (QED) is 0.752. The van der Waals surface area contributed by atoms with Gasteiger partial charge in [0.2, 0.25) is 0 Å². The molecule has 0 atom stereocenters. The summed E-state index contributed by atoms with van der Waals surface area (Å²) >= 11 is 0. The molecule has 0 spiro atoms. The van der Waals surface area contributed by atoms with E-state index >= 15 is 0 Å². The molecule has 0 aliphatic rings. The molecule has 0 bridgehead atoms. The van der Waals surface area contributed by atoms with Crippen LogP contribution in [0, 0.1) is 0 Å². The smallest absolute Gasteiger partial charge is 0.475 e. The summed E-state index contributed by atoms with van der Waals surface area (Å²) in [5.41, 5.74) is 0. The average molecular weight is 346 g/mol. The number of carboxylic acid groups (broad SMARTS) is 1. The number of carboxylic acids is 1. The molecule has 0 aliphatic carbocycles. The summed E-state index contributed by atoms with van der Waals surface area (Å²) in [5, 5.41) is 7.61. The molecule has 0 rings (SSSR count). The van der Waals surface area contributed by atoms with E-state index in [0.29, 0.717) is 0 Å². The van der Waals surface area contributed by atoms with Gasteiger partial charge in [0.25, 0.3) is 0 Å². The molecule has 0 heterocycles. The molecule has 15 heteroatoms. The fourth-order valence-corrected chi connectivity index (χ4v) is 0.648. The van der Waals surface area contributed by atoms with Crippen LogP contribution in [0.3, 0.4) is 0 Å². The molecule has 0 aliphatic heterocycles. The number of alkyl halides is 11. The summed E-state index contributed by atoms with van der Waals surface area (Å²) in [7, 11) is 0. The van der Waals surface area contributed by atoms with Gasteiger partial charge in [0.05, 0.1) is 0 Å². The molecule has 0 aromatic rings.